The first-order valence-corrected chi connectivity index (χ1v) is 7.59. The molecule has 0 aromatic carbocycles. The Morgan fingerprint density at radius 2 is 2.17 bits per heavy atom. The maximum atomic E-state index is 12.7. The number of aromatic nitrogens is 3. The van der Waals surface area contributed by atoms with E-state index in [0.717, 1.165) is 24.1 Å². The molecule has 2 aromatic rings. The van der Waals surface area contributed by atoms with E-state index in [2.05, 4.69) is 10.1 Å². The molecule has 1 unspecified atom stereocenters. The average Bonchev–Trinajstić information content (AvgIpc) is 3.15. The SMILES string of the molecule is Cc1ccc(-c2nc(CCC3CCCO3)n(CC(F)(F)F)n2)o1. The number of nitrogens with zero attached hydrogens (tertiary/aromatic N) is 3. The zero-order valence-electron chi connectivity index (χ0n) is 12.8. The number of hydrogen-bond donors (Lipinski definition) is 0. The molecule has 0 bridgehead atoms. The van der Waals surface area contributed by atoms with Crippen LogP contribution in [0.1, 0.15) is 30.8 Å². The van der Waals surface area contributed by atoms with Crippen LogP contribution in [0.4, 0.5) is 13.2 Å². The monoisotopic (exact) mass is 329 g/mol. The molecule has 0 amide bonds. The van der Waals surface area contributed by atoms with Gasteiger partial charge >= 0.3 is 6.18 Å². The molecule has 1 aliphatic rings. The lowest BCUT2D eigenvalue weighted by molar-refractivity contribution is -0.143. The van der Waals surface area contributed by atoms with Crippen LogP contribution in [0.25, 0.3) is 11.6 Å². The predicted molar refractivity (Wildman–Crippen MR) is 75.8 cm³/mol. The molecule has 0 spiro atoms. The van der Waals surface area contributed by atoms with Crippen molar-refractivity contribution in [2.24, 2.45) is 0 Å². The van der Waals surface area contributed by atoms with Crippen LogP contribution in [0, 0.1) is 6.92 Å². The number of halogens is 3. The van der Waals surface area contributed by atoms with Gasteiger partial charge in [0.15, 0.2) is 5.76 Å². The summed E-state index contributed by atoms with van der Waals surface area (Å²) >= 11 is 0. The van der Waals surface area contributed by atoms with E-state index in [4.69, 9.17) is 9.15 Å². The van der Waals surface area contributed by atoms with Crippen LogP contribution in [0.2, 0.25) is 0 Å². The molecular formula is C15H18F3N3O2. The van der Waals surface area contributed by atoms with Gasteiger partial charge in [-0.2, -0.15) is 13.2 Å². The molecule has 1 fully saturated rings. The van der Waals surface area contributed by atoms with Crippen molar-refractivity contribution in [3.8, 4) is 11.6 Å². The van der Waals surface area contributed by atoms with E-state index in [1.165, 1.54) is 0 Å². The molecule has 8 heteroatoms. The maximum absolute atomic E-state index is 12.7. The minimum absolute atomic E-state index is 0.0975. The van der Waals surface area contributed by atoms with Gasteiger partial charge in [-0.15, -0.1) is 5.10 Å². The van der Waals surface area contributed by atoms with E-state index < -0.39 is 12.7 Å². The Morgan fingerprint density at radius 1 is 1.35 bits per heavy atom. The highest BCUT2D eigenvalue weighted by Crippen LogP contribution is 2.24. The standard InChI is InChI=1S/C15H18F3N3O2/c1-10-4-6-12(23-10)14-19-13(7-5-11-3-2-8-22-11)21(20-14)9-15(16,17)18/h4,6,11H,2-3,5,7-9H2,1H3. The normalized spacial score (nSPS) is 18.7. The van der Waals surface area contributed by atoms with Gasteiger partial charge in [-0.3, -0.25) is 0 Å². The summed E-state index contributed by atoms with van der Waals surface area (Å²) < 4.78 is 50.1. The van der Waals surface area contributed by atoms with Crippen LogP contribution in [0.3, 0.4) is 0 Å². The van der Waals surface area contributed by atoms with Crippen molar-refractivity contribution in [2.75, 3.05) is 6.61 Å². The Bertz CT molecular complexity index is 657. The summed E-state index contributed by atoms with van der Waals surface area (Å²) in [6.45, 7) is 1.33. The molecule has 3 heterocycles. The quantitative estimate of drug-likeness (QED) is 0.842. The van der Waals surface area contributed by atoms with Crippen LogP contribution in [0.15, 0.2) is 16.5 Å². The molecule has 3 rings (SSSR count). The molecule has 0 aliphatic carbocycles. The molecule has 1 aliphatic heterocycles. The van der Waals surface area contributed by atoms with Crippen LogP contribution in [-0.4, -0.2) is 33.7 Å². The molecule has 2 aromatic heterocycles. The summed E-state index contributed by atoms with van der Waals surface area (Å²) in [4.78, 5) is 4.24. The molecule has 0 radical (unpaired) electrons. The smallest absolute Gasteiger partial charge is 0.408 e. The summed E-state index contributed by atoms with van der Waals surface area (Å²) in [5.74, 6) is 1.53. The maximum Gasteiger partial charge on any atom is 0.408 e. The van der Waals surface area contributed by atoms with Gasteiger partial charge < -0.3 is 9.15 Å². The molecule has 0 N–H and O–H groups in total. The molecule has 0 saturated carbocycles. The van der Waals surface area contributed by atoms with Crippen molar-refractivity contribution in [2.45, 2.75) is 51.4 Å². The minimum Gasteiger partial charge on any atom is -0.458 e. The summed E-state index contributed by atoms with van der Waals surface area (Å²) in [5, 5.41) is 3.98. The first kappa shape index (κ1) is 16.0. The Kier molecular flexibility index (Phi) is 4.43. The van der Waals surface area contributed by atoms with Gasteiger partial charge in [-0.1, -0.05) is 0 Å². The lowest BCUT2D eigenvalue weighted by atomic mass is 10.1. The van der Waals surface area contributed by atoms with Gasteiger partial charge in [0.2, 0.25) is 5.82 Å². The first-order valence-electron chi connectivity index (χ1n) is 7.59. The third kappa shape index (κ3) is 4.13. The molecule has 1 saturated heterocycles. The minimum atomic E-state index is -4.34. The van der Waals surface area contributed by atoms with Crippen molar-refractivity contribution in [3.05, 3.63) is 23.7 Å². The summed E-state index contributed by atoms with van der Waals surface area (Å²) in [6, 6.07) is 3.39. The van der Waals surface area contributed by atoms with Crippen LogP contribution in [0.5, 0.6) is 0 Å². The van der Waals surface area contributed by atoms with Gasteiger partial charge in [-0.25, -0.2) is 9.67 Å². The summed E-state index contributed by atoms with van der Waals surface area (Å²) in [6.07, 6.45) is -1.27. The van der Waals surface area contributed by atoms with E-state index in [0.29, 0.717) is 30.2 Å². The van der Waals surface area contributed by atoms with Crippen molar-refractivity contribution >= 4 is 0 Å². The third-order valence-electron chi connectivity index (χ3n) is 3.75. The van der Waals surface area contributed by atoms with E-state index in [9.17, 15) is 13.2 Å². The number of rotatable bonds is 5. The van der Waals surface area contributed by atoms with Crippen LogP contribution >= 0.6 is 0 Å². The Hall–Kier alpha value is -1.83. The molecular weight excluding hydrogens is 311 g/mol. The largest absolute Gasteiger partial charge is 0.458 e. The average molecular weight is 329 g/mol. The Labute approximate surface area is 131 Å². The van der Waals surface area contributed by atoms with Gasteiger partial charge in [0, 0.05) is 13.0 Å². The second-order valence-electron chi connectivity index (χ2n) is 5.71. The fourth-order valence-electron chi connectivity index (χ4n) is 2.68. The lowest BCUT2D eigenvalue weighted by Crippen LogP contribution is -2.21. The zero-order valence-corrected chi connectivity index (χ0v) is 12.8. The Balaban J connectivity index is 1.80. The van der Waals surface area contributed by atoms with Crippen molar-refractivity contribution in [3.63, 3.8) is 0 Å². The fraction of sp³-hybridized carbons (Fsp3) is 0.600. The number of furan rings is 1. The molecule has 1 atom stereocenters. The van der Waals surface area contributed by atoms with Gasteiger partial charge in [-0.05, 0) is 38.3 Å². The second-order valence-corrected chi connectivity index (χ2v) is 5.71. The highest BCUT2D eigenvalue weighted by Gasteiger charge is 2.31. The first-order chi connectivity index (χ1) is 10.9. The van der Waals surface area contributed by atoms with Gasteiger partial charge in [0.25, 0.3) is 0 Å². The van der Waals surface area contributed by atoms with E-state index in [1.807, 2.05) is 0 Å². The van der Waals surface area contributed by atoms with E-state index >= 15 is 0 Å². The van der Waals surface area contributed by atoms with Crippen molar-refractivity contribution < 1.29 is 22.3 Å². The van der Waals surface area contributed by atoms with Crippen LogP contribution in [-0.2, 0) is 17.7 Å². The van der Waals surface area contributed by atoms with Gasteiger partial charge in [0.1, 0.15) is 18.1 Å². The summed E-state index contributed by atoms with van der Waals surface area (Å²) in [7, 11) is 0. The topological polar surface area (TPSA) is 53.1 Å². The molecule has 23 heavy (non-hydrogen) atoms. The fourth-order valence-corrected chi connectivity index (χ4v) is 2.68. The van der Waals surface area contributed by atoms with Crippen LogP contribution < -0.4 is 0 Å². The third-order valence-corrected chi connectivity index (χ3v) is 3.75. The number of aryl methyl sites for hydroxylation is 2. The summed E-state index contributed by atoms with van der Waals surface area (Å²) in [5.41, 5.74) is 0. The zero-order chi connectivity index (χ0) is 16.4. The van der Waals surface area contributed by atoms with Gasteiger partial charge in [0.05, 0.1) is 6.10 Å². The predicted octanol–water partition coefficient (Wildman–Crippen LogP) is 3.52. The lowest BCUT2D eigenvalue weighted by Gasteiger charge is -2.11. The van der Waals surface area contributed by atoms with Crippen molar-refractivity contribution in [1.82, 2.24) is 14.8 Å². The van der Waals surface area contributed by atoms with E-state index in [-0.39, 0.29) is 11.9 Å². The number of hydrogen-bond acceptors (Lipinski definition) is 4. The van der Waals surface area contributed by atoms with Crippen molar-refractivity contribution in [1.29, 1.82) is 0 Å². The second kappa shape index (κ2) is 6.35. The number of alkyl halides is 3. The highest BCUT2D eigenvalue weighted by atomic mass is 19.4. The Morgan fingerprint density at radius 3 is 2.78 bits per heavy atom. The highest BCUT2D eigenvalue weighted by molar-refractivity contribution is 5.46. The molecule has 126 valence electrons. The number of ether oxygens (including phenoxy) is 1. The molecule has 5 nitrogen and oxygen atoms in total. The van der Waals surface area contributed by atoms with E-state index in [1.54, 1.807) is 19.1 Å².